The molecule has 0 bridgehead atoms. The van der Waals surface area contributed by atoms with Crippen molar-refractivity contribution >= 4 is 5.78 Å². The van der Waals surface area contributed by atoms with Gasteiger partial charge < -0.3 is 14.6 Å². The van der Waals surface area contributed by atoms with Crippen molar-refractivity contribution < 1.29 is 19.4 Å². The highest BCUT2D eigenvalue weighted by atomic mass is 16.5. The fraction of sp³-hybridized carbons (Fsp3) is 0.462. The Morgan fingerprint density at radius 2 is 1.94 bits per heavy atom. The number of benzene rings is 1. The fourth-order valence-electron chi connectivity index (χ4n) is 1.58. The van der Waals surface area contributed by atoms with Gasteiger partial charge in [0, 0.05) is 12.8 Å². The molecule has 0 aliphatic carbocycles. The molecule has 4 nitrogen and oxygen atoms in total. The highest BCUT2D eigenvalue weighted by Gasteiger charge is 2.14. The molecular formula is C13H18O4. The molecule has 1 atom stereocenters. The lowest BCUT2D eigenvalue weighted by Crippen LogP contribution is -2.21. The number of aliphatic hydroxyl groups is 1. The molecule has 0 spiro atoms. The summed E-state index contributed by atoms with van der Waals surface area (Å²) in [6, 6.07) is 5.34. The van der Waals surface area contributed by atoms with Gasteiger partial charge in [-0.15, -0.1) is 0 Å². The zero-order valence-electron chi connectivity index (χ0n) is 10.4. The number of rotatable bonds is 6. The summed E-state index contributed by atoms with van der Waals surface area (Å²) < 4.78 is 10.3. The van der Waals surface area contributed by atoms with E-state index >= 15 is 0 Å². The van der Waals surface area contributed by atoms with E-state index in [9.17, 15) is 9.90 Å². The molecule has 0 saturated heterocycles. The van der Waals surface area contributed by atoms with E-state index in [4.69, 9.17) is 9.47 Å². The second-order valence-corrected chi connectivity index (χ2v) is 3.73. The van der Waals surface area contributed by atoms with Gasteiger partial charge in [-0.2, -0.15) is 0 Å². The van der Waals surface area contributed by atoms with Crippen molar-refractivity contribution in [2.45, 2.75) is 25.9 Å². The van der Waals surface area contributed by atoms with Crippen molar-refractivity contribution in [3.8, 4) is 11.5 Å². The van der Waals surface area contributed by atoms with Gasteiger partial charge in [0.25, 0.3) is 0 Å². The molecule has 0 fully saturated rings. The van der Waals surface area contributed by atoms with Crippen molar-refractivity contribution in [2.75, 3.05) is 14.2 Å². The number of carbonyl (C=O) groups excluding carboxylic acids is 1. The standard InChI is InChI=1S/C13H18O4/c1-4-10(14)11(15)7-9-5-6-12(16-2)13(8-9)17-3/h5-6,8,11,15H,4,7H2,1-3H3/t11-/m1/s1. The summed E-state index contributed by atoms with van der Waals surface area (Å²) in [7, 11) is 3.11. The highest BCUT2D eigenvalue weighted by molar-refractivity contribution is 5.82. The number of Topliss-reactive ketones (excluding diaryl/α,β-unsaturated/α-hetero) is 1. The third-order valence-electron chi connectivity index (χ3n) is 2.60. The molecule has 0 aromatic heterocycles. The lowest BCUT2D eigenvalue weighted by molar-refractivity contribution is -0.126. The van der Waals surface area contributed by atoms with E-state index in [1.54, 1.807) is 33.3 Å². The maximum Gasteiger partial charge on any atom is 0.161 e. The van der Waals surface area contributed by atoms with Gasteiger partial charge in [0.1, 0.15) is 6.10 Å². The van der Waals surface area contributed by atoms with Crippen LogP contribution in [0.2, 0.25) is 0 Å². The van der Waals surface area contributed by atoms with E-state index in [1.807, 2.05) is 6.07 Å². The molecule has 1 aromatic carbocycles. The van der Waals surface area contributed by atoms with Gasteiger partial charge in [-0.05, 0) is 17.7 Å². The Morgan fingerprint density at radius 1 is 1.29 bits per heavy atom. The largest absolute Gasteiger partial charge is 0.493 e. The quantitative estimate of drug-likeness (QED) is 0.817. The van der Waals surface area contributed by atoms with Crippen molar-refractivity contribution in [3.05, 3.63) is 23.8 Å². The molecule has 0 saturated carbocycles. The van der Waals surface area contributed by atoms with Crippen LogP contribution in [0, 0.1) is 0 Å². The molecule has 4 heteroatoms. The van der Waals surface area contributed by atoms with Crippen LogP contribution in [0.15, 0.2) is 18.2 Å². The molecule has 0 aliphatic heterocycles. The SMILES string of the molecule is CCC(=O)[C@H](O)Cc1ccc(OC)c(OC)c1. The van der Waals surface area contributed by atoms with Gasteiger partial charge in [0.15, 0.2) is 17.3 Å². The topological polar surface area (TPSA) is 55.8 Å². The molecule has 0 unspecified atom stereocenters. The van der Waals surface area contributed by atoms with Crippen LogP contribution < -0.4 is 9.47 Å². The molecule has 0 heterocycles. The molecule has 0 amide bonds. The highest BCUT2D eigenvalue weighted by Crippen LogP contribution is 2.28. The maximum atomic E-state index is 11.3. The summed E-state index contributed by atoms with van der Waals surface area (Å²) in [5.41, 5.74) is 0.844. The number of hydrogen-bond donors (Lipinski definition) is 1. The van der Waals surface area contributed by atoms with Crippen molar-refractivity contribution in [2.24, 2.45) is 0 Å². The fourth-order valence-corrected chi connectivity index (χ4v) is 1.58. The molecular weight excluding hydrogens is 220 g/mol. The zero-order chi connectivity index (χ0) is 12.8. The monoisotopic (exact) mass is 238 g/mol. The third kappa shape index (κ3) is 3.46. The van der Waals surface area contributed by atoms with Crippen LogP contribution in [-0.2, 0) is 11.2 Å². The normalized spacial score (nSPS) is 12.0. The number of aliphatic hydroxyl groups excluding tert-OH is 1. The van der Waals surface area contributed by atoms with Crippen molar-refractivity contribution in [1.29, 1.82) is 0 Å². The van der Waals surface area contributed by atoms with Crippen LogP contribution in [0.4, 0.5) is 0 Å². The van der Waals surface area contributed by atoms with Gasteiger partial charge >= 0.3 is 0 Å². The van der Waals surface area contributed by atoms with E-state index in [0.29, 0.717) is 24.3 Å². The summed E-state index contributed by atoms with van der Waals surface area (Å²) >= 11 is 0. The first-order valence-corrected chi connectivity index (χ1v) is 5.54. The number of carbonyl (C=O) groups is 1. The smallest absolute Gasteiger partial charge is 0.161 e. The minimum atomic E-state index is -0.946. The predicted octanol–water partition coefficient (Wildman–Crippen LogP) is 1.59. The molecule has 1 rings (SSSR count). The first-order valence-electron chi connectivity index (χ1n) is 5.54. The average molecular weight is 238 g/mol. The molecule has 1 N–H and O–H groups in total. The lowest BCUT2D eigenvalue weighted by Gasteiger charge is -2.11. The minimum absolute atomic E-state index is 0.153. The minimum Gasteiger partial charge on any atom is -0.493 e. The second-order valence-electron chi connectivity index (χ2n) is 3.73. The van der Waals surface area contributed by atoms with E-state index in [-0.39, 0.29) is 5.78 Å². The maximum absolute atomic E-state index is 11.3. The molecule has 0 radical (unpaired) electrons. The van der Waals surface area contributed by atoms with Crippen LogP contribution >= 0.6 is 0 Å². The van der Waals surface area contributed by atoms with Crippen LogP contribution in [0.1, 0.15) is 18.9 Å². The van der Waals surface area contributed by atoms with Gasteiger partial charge in [0.2, 0.25) is 0 Å². The Bertz CT molecular complexity index is 387. The molecule has 94 valence electrons. The lowest BCUT2D eigenvalue weighted by atomic mass is 10.0. The van der Waals surface area contributed by atoms with Crippen LogP contribution in [0.3, 0.4) is 0 Å². The molecule has 0 aliphatic rings. The average Bonchev–Trinajstić information content (AvgIpc) is 2.37. The van der Waals surface area contributed by atoms with Crippen LogP contribution in [0.25, 0.3) is 0 Å². The Hall–Kier alpha value is -1.55. The molecule has 17 heavy (non-hydrogen) atoms. The second kappa shape index (κ2) is 6.25. The van der Waals surface area contributed by atoms with E-state index < -0.39 is 6.10 Å². The zero-order valence-corrected chi connectivity index (χ0v) is 10.4. The summed E-state index contributed by atoms with van der Waals surface area (Å²) in [4.78, 5) is 11.3. The third-order valence-corrected chi connectivity index (χ3v) is 2.60. The Morgan fingerprint density at radius 3 is 2.47 bits per heavy atom. The summed E-state index contributed by atoms with van der Waals surface area (Å²) in [6.07, 6.45) is -0.306. The number of hydrogen-bond acceptors (Lipinski definition) is 4. The number of methoxy groups -OCH3 is 2. The molecule has 1 aromatic rings. The van der Waals surface area contributed by atoms with E-state index in [2.05, 4.69) is 0 Å². The number of ketones is 1. The van der Waals surface area contributed by atoms with Gasteiger partial charge in [-0.25, -0.2) is 0 Å². The van der Waals surface area contributed by atoms with Crippen molar-refractivity contribution in [1.82, 2.24) is 0 Å². The van der Waals surface area contributed by atoms with Crippen LogP contribution in [-0.4, -0.2) is 31.2 Å². The van der Waals surface area contributed by atoms with Gasteiger partial charge in [-0.3, -0.25) is 4.79 Å². The first kappa shape index (κ1) is 13.5. The Labute approximate surface area is 101 Å². The van der Waals surface area contributed by atoms with Gasteiger partial charge in [-0.1, -0.05) is 13.0 Å². The first-order chi connectivity index (χ1) is 8.12. The van der Waals surface area contributed by atoms with Crippen molar-refractivity contribution in [3.63, 3.8) is 0 Å². The predicted molar refractivity (Wildman–Crippen MR) is 64.6 cm³/mol. The van der Waals surface area contributed by atoms with Gasteiger partial charge in [0.05, 0.1) is 14.2 Å². The summed E-state index contributed by atoms with van der Waals surface area (Å²) in [5, 5.41) is 9.64. The summed E-state index contributed by atoms with van der Waals surface area (Å²) in [5.74, 6) is 1.08. The Kier molecular flexibility index (Phi) is 4.97. The van der Waals surface area contributed by atoms with E-state index in [1.165, 1.54) is 0 Å². The summed E-state index contributed by atoms with van der Waals surface area (Å²) in [6.45, 7) is 1.74. The van der Waals surface area contributed by atoms with E-state index in [0.717, 1.165) is 5.56 Å². The number of ether oxygens (including phenoxy) is 2. The van der Waals surface area contributed by atoms with Crippen LogP contribution in [0.5, 0.6) is 11.5 Å². The Balaban J connectivity index is 2.82.